The Morgan fingerprint density at radius 2 is 2.29 bits per heavy atom. The van der Waals surface area contributed by atoms with Crippen LogP contribution in [-0.2, 0) is 0 Å². The number of hydrogen-bond donors (Lipinski definition) is 1. The Hall–Kier alpha value is -0.730. The molecule has 2 rings (SSSR count). The fraction of sp³-hybridized carbons (Fsp3) is 0.571. The van der Waals surface area contributed by atoms with Crippen LogP contribution in [0.25, 0.3) is 0 Å². The Morgan fingerprint density at radius 3 is 3.06 bits per heavy atom. The second-order valence-electron chi connectivity index (χ2n) is 4.72. The van der Waals surface area contributed by atoms with Crippen LogP contribution in [0.5, 0.6) is 0 Å². The average molecular weight is 253 g/mol. The van der Waals surface area contributed by atoms with E-state index in [0.717, 1.165) is 18.1 Å². The van der Waals surface area contributed by atoms with Crippen molar-refractivity contribution in [3.8, 4) is 0 Å². The van der Waals surface area contributed by atoms with E-state index >= 15 is 0 Å². The van der Waals surface area contributed by atoms with Crippen LogP contribution in [0.15, 0.2) is 24.3 Å². The Balaban J connectivity index is 2.10. The van der Waals surface area contributed by atoms with E-state index < -0.39 is 0 Å². The summed E-state index contributed by atoms with van der Waals surface area (Å²) in [5.41, 5.74) is 1.28. The largest absolute Gasteiger partial charge is 0.368 e. The monoisotopic (exact) mass is 252 g/mol. The molecule has 1 saturated heterocycles. The van der Waals surface area contributed by atoms with Gasteiger partial charge in [0, 0.05) is 23.3 Å². The van der Waals surface area contributed by atoms with Crippen LogP contribution in [0.2, 0.25) is 5.02 Å². The minimum absolute atomic E-state index is 0.662. The molecule has 0 amide bonds. The third-order valence-electron chi connectivity index (χ3n) is 3.49. The van der Waals surface area contributed by atoms with Gasteiger partial charge in [-0.2, -0.15) is 0 Å². The second kappa shape index (κ2) is 6.27. The van der Waals surface area contributed by atoms with Crippen LogP contribution in [0.3, 0.4) is 0 Å². The first-order valence-corrected chi connectivity index (χ1v) is 6.86. The van der Waals surface area contributed by atoms with Gasteiger partial charge in [-0.1, -0.05) is 17.7 Å². The van der Waals surface area contributed by atoms with E-state index in [1.807, 2.05) is 19.2 Å². The summed E-state index contributed by atoms with van der Waals surface area (Å²) in [4.78, 5) is 2.52. The second-order valence-corrected chi connectivity index (χ2v) is 5.15. The van der Waals surface area contributed by atoms with Crippen LogP contribution < -0.4 is 10.2 Å². The lowest BCUT2D eigenvalue weighted by molar-refractivity contribution is 0.433. The molecule has 0 spiro atoms. The number of benzene rings is 1. The van der Waals surface area contributed by atoms with E-state index in [9.17, 15) is 0 Å². The van der Waals surface area contributed by atoms with Gasteiger partial charge in [0.1, 0.15) is 0 Å². The summed E-state index contributed by atoms with van der Waals surface area (Å²) in [7, 11) is 2.02. The molecule has 94 valence electrons. The highest BCUT2D eigenvalue weighted by atomic mass is 35.5. The van der Waals surface area contributed by atoms with Gasteiger partial charge in [-0.3, -0.25) is 0 Å². The number of hydrogen-bond acceptors (Lipinski definition) is 2. The van der Waals surface area contributed by atoms with Gasteiger partial charge < -0.3 is 10.2 Å². The van der Waals surface area contributed by atoms with Crippen molar-refractivity contribution in [2.24, 2.45) is 0 Å². The van der Waals surface area contributed by atoms with Gasteiger partial charge in [0.05, 0.1) is 0 Å². The van der Waals surface area contributed by atoms with Crippen molar-refractivity contribution in [1.82, 2.24) is 5.32 Å². The number of nitrogens with zero attached hydrogens (tertiary/aromatic N) is 1. The summed E-state index contributed by atoms with van der Waals surface area (Å²) < 4.78 is 0. The number of piperidine rings is 1. The molecule has 1 N–H and O–H groups in total. The van der Waals surface area contributed by atoms with Gasteiger partial charge in [-0.25, -0.2) is 0 Å². The lowest BCUT2D eigenvalue weighted by atomic mass is 9.98. The Kier molecular flexibility index (Phi) is 4.69. The predicted octanol–water partition coefficient (Wildman–Crippen LogP) is 3.31. The first-order valence-electron chi connectivity index (χ1n) is 6.48. The fourth-order valence-electron chi connectivity index (χ4n) is 2.61. The molecule has 1 fully saturated rings. The van der Waals surface area contributed by atoms with Crippen LogP contribution in [0.1, 0.15) is 25.7 Å². The van der Waals surface area contributed by atoms with Crippen molar-refractivity contribution in [3.63, 3.8) is 0 Å². The molecule has 0 radical (unpaired) electrons. The van der Waals surface area contributed by atoms with Crippen molar-refractivity contribution in [2.75, 3.05) is 25.0 Å². The zero-order valence-corrected chi connectivity index (χ0v) is 11.2. The molecule has 1 aliphatic rings. The first kappa shape index (κ1) is 12.7. The fourth-order valence-corrected chi connectivity index (χ4v) is 2.79. The molecular weight excluding hydrogens is 232 g/mol. The molecular formula is C14H21ClN2. The molecule has 0 saturated carbocycles. The minimum Gasteiger partial charge on any atom is -0.368 e. The van der Waals surface area contributed by atoms with Crippen molar-refractivity contribution in [1.29, 1.82) is 0 Å². The molecule has 17 heavy (non-hydrogen) atoms. The summed E-state index contributed by atoms with van der Waals surface area (Å²) in [6.45, 7) is 2.25. The molecule has 1 atom stereocenters. The van der Waals surface area contributed by atoms with E-state index in [2.05, 4.69) is 22.3 Å². The lowest BCUT2D eigenvalue weighted by Crippen LogP contribution is -2.41. The molecule has 0 aliphatic carbocycles. The molecule has 2 nitrogen and oxygen atoms in total. The van der Waals surface area contributed by atoms with E-state index in [4.69, 9.17) is 11.6 Å². The zero-order chi connectivity index (χ0) is 12.1. The third kappa shape index (κ3) is 3.36. The van der Waals surface area contributed by atoms with Gasteiger partial charge in [0.2, 0.25) is 0 Å². The van der Waals surface area contributed by atoms with Crippen molar-refractivity contribution >= 4 is 17.3 Å². The number of halogens is 1. The molecule has 1 aliphatic heterocycles. The minimum atomic E-state index is 0.662. The number of anilines is 1. The van der Waals surface area contributed by atoms with Gasteiger partial charge in [-0.15, -0.1) is 0 Å². The SMILES string of the molecule is CNCCC1CCCCN1c1cccc(Cl)c1. The lowest BCUT2D eigenvalue weighted by Gasteiger charge is -2.37. The average Bonchev–Trinajstić information content (AvgIpc) is 2.37. The normalized spacial score (nSPS) is 20.6. The summed E-state index contributed by atoms with van der Waals surface area (Å²) in [5, 5.41) is 4.08. The van der Waals surface area contributed by atoms with Crippen LogP contribution >= 0.6 is 11.6 Å². The van der Waals surface area contributed by atoms with Crippen molar-refractivity contribution in [2.45, 2.75) is 31.7 Å². The van der Waals surface area contributed by atoms with Crippen LogP contribution in [-0.4, -0.2) is 26.2 Å². The van der Waals surface area contributed by atoms with Gasteiger partial charge in [0.15, 0.2) is 0 Å². The van der Waals surface area contributed by atoms with E-state index in [-0.39, 0.29) is 0 Å². The molecule has 3 heteroatoms. The molecule has 1 aromatic carbocycles. The van der Waals surface area contributed by atoms with Crippen LogP contribution in [0.4, 0.5) is 5.69 Å². The van der Waals surface area contributed by atoms with Gasteiger partial charge in [-0.05, 0) is 57.5 Å². The number of nitrogens with one attached hydrogen (secondary N) is 1. The van der Waals surface area contributed by atoms with Gasteiger partial charge >= 0.3 is 0 Å². The van der Waals surface area contributed by atoms with Crippen molar-refractivity contribution in [3.05, 3.63) is 29.3 Å². The zero-order valence-electron chi connectivity index (χ0n) is 10.5. The highest BCUT2D eigenvalue weighted by molar-refractivity contribution is 6.30. The predicted molar refractivity (Wildman–Crippen MR) is 75.0 cm³/mol. The third-order valence-corrected chi connectivity index (χ3v) is 3.73. The van der Waals surface area contributed by atoms with E-state index in [1.165, 1.54) is 31.4 Å². The smallest absolute Gasteiger partial charge is 0.0426 e. The molecule has 0 aromatic heterocycles. The van der Waals surface area contributed by atoms with Crippen LogP contribution in [0, 0.1) is 0 Å². The summed E-state index contributed by atoms with van der Waals surface area (Å²) in [6, 6.07) is 8.90. The Morgan fingerprint density at radius 1 is 1.41 bits per heavy atom. The quantitative estimate of drug-likeness (QED) is 0.885. The standard InChI is InChI=1S/C14H21ClN2/c1-16-9-8-13-6-2-3-10-17(13)14-7-4-5-12(15)11-14/h4-5,7,11,13,16H,2-3,6,8-10H2,1H3. The molecule has 1 unspecified atom stereocenters. The van der Waals surface area contributed by atoms with E-state index in [1.54, 1.807) is 0 Å². The summed E-state index contributed by atoms with van der Waals surface area (Å²) >= 11 is 6.08. The maximum absolute atomic E-state index is 6.08. The molecule has 1 heterocycles. The Labute approximate surface area is 109 Å². The molecule has 0 bridgehead atoms. The summed E-state index contributed by atoms with van der Waals surface area (Å²) in [5.74, 6) is 0. The van der Waals surface area contributed by atoms with E-state index in [0.29, 0.717) is 6.04 Å². The van der Waals surface area contributed by atoms with Gasteiger partial charge in [0.25, 0.3) is 0 Å². The van der Waals surface area contributed by atoms with Crippen molar-refractivity contribution < 1.29 is 0 Å². The first-order chi connectivity index (χ1) is 8.31. The highest BCUT2D eigenvalue weighted by Gasteiger charge is 2.22. The Bertz CT molecular complexity index is 354. The maximum Gasteiger partial charge on any atom is 0.0426 e. The number of rotatable bonds is 4. The summed E-state index contributed by atoms with van der Waals surface area (Å²) in [6.07, 6.45) is 5.16. The highest BCUT2D eigenvalue weighted by Crippen LogP contribution is 2.28. The maximum atomic E-state index is 6.08. The topological polar surface area (TPSA) is 15.3 Å². The molecule has 1 aromatic rings.